The number of carbonyl (C=O) groups excluding carboxylic acids is 2. The Bertz CT molecular complexity index is 990. The van der Waals surface area contributed by atoms with Gasteiger partial charge < -0.3 is 9.47 Å². The van der Waals surface area contributed by atoms with Gasteiger partial charge in [0.25, 0.3) is 5.91 Å². The van der Waals surface area contributed by atoms with Crippen LogP contribution in [0.4, 0.5) is 10.1 Å². The number of rotatable bonds is 6. The average molecular weight is 414 g/mol. The Balaban J connectivity index is 1.77. The van der Waals surface area contributed by atoms with Crippen molar-refractivity contribution < 1.29 is 23.5 Å². The van der Waals surface area contributed by atoms with Crippen LogP contribution < -0.4 is 4.74 Å². The molecule has 3 rings (SSSR count). The molecular formula is C21H19FN2O4S. The predicted octanol–water partition coefficient (Wildman–Crippen LogP) is 4.00. The molecule has 1 saturated heterocycles. The minimum atomic E-state index is -0.453. The Morgan fingerprint density at radius 2 is 2.03 bits per heavy atom. The Hall–Kier alpha value is -3.13. The van der Waals surface area contributed by atoms with Gasteiger partial charge in [-0.15, -0.1) is 0 Å². The number of amidine groups is 1. The van der Waals surface area contributed by atoms with E-state index in [-0.39, 0.29) is 24.8 Å². The first-order valence-corrected chi connectivity index (χ1v) is 9.69. The molecule has 1 aliphatic heterocycles. The van der Waals surface area contributed by atoms with Crippen molar-refractivity contribution >= 4 is 40.6 Å². The van der Waals surface area contributed by atoms with E-state index in [1.807, 2.05) is 6.07 Å². The van der Waals surface area contributed by atoms with E-state index < -0.39 is 11.8 Å². The third-order valence-corrected chi connectivity index (χ3v) is 4.95. The molecule has 0 saturated carbocycles. The lowest BCUT2D eigenvalue weighted by Gasteiger charge is -2.07. The second kappa shape index (κ2) is 9.38. The molecule has 2 aromatic rings. The maximum absolute atomic E-state index is 13.9. The van der Waals surface area contributed by atoms with E-state index in [1.165, 1.54) is 11.0 Å². The van der Waals surface area contributed by atoms with E-state index >= 15 is 0 Å². The molecule has 1 fully saturated rings. The number of thioether (sulfide) groups is 1. The summed E-state index contributed by atoms with van der Waals surface area (Å²) in [7, 11) is 1.59. The van der Waals surface area contributed by atoms with Gasteiger partial charge in [0.2, 0.25) is 0 Å². The zero-order chi connectivity index (χ0) is 20.8. The van der Waals surface area contributed by atoms with Crippen molar-refractivity contribution in [1.29, 1.82) is 0 Å². The molecular weight excluding hydrogens is 395 g/mol. The molecule has 8 heteroatoms. The highest BCUT2D eigenvalue weighted by Gasteiger charge is 2.30. The number of aliphatic imine (C=N–C) groups is 1. The van der Waals surface area contributed by atoms with Crippen molar-refractivity contribution in [3.63, 3.8) is 0 Å². The lowest BCUT2D eigenvalue weighted by Crippen LogP contribution is -2.23. The zero-order valence-electron chi connectivity index (χ0n) is 15.9. The van der Waals surface area contributed by atoms with Crippen molar-refractivity contribution in [1.82, 2.24) is 4.90 Å². The minimum absolute atomic E-state index is 0.172. The molecule has 0 unspecified atom stereocenters. The summed E-state index contributed by atoms with van der Waals surface area (Å²) >= 11 is 1.16. The summed E-state index contributed by atoms with van der Waals surface area (Å²) in [5.41, 5.74) is 0.896. The monoisotopic (exact) mass is 414 g/mol. The molecule has 0 N–H and O–H groups in total. The third kappa shape index (κ3) is 5.23. The molecule has 150 valence electrons. The van der Waals surface area contributed by atoms with Crippen molar-refractivity contribution in [3.8, 4) is 5.75 Å². The highest BCUT2D eigenvalue weighted by molar-refractivity contribution is 8.18. The van der Waals surface area contributed by atoms with Gasteiger partial charge in [-0.05, 0) is 54.6 Å². The van der Waals surface area contributed by atoms with Crippen LogP contribution in [0.5, 0.6) is 5.75 Å². The average Bonchev–Trinajstić information content (AvgIpc) is 2.96. The van der Waals surface area contributed by atoms with Gasteiger partial charge in [-0.1, -0.05) is 24.3 Å². The number of esters is 1. The molecule has 0 radical (unpaired) electrons. The second-order valence-corrected chi connectivity index (χ2v) is 7.00. The molecule has 1 heterocycles. The molecule has 0 bridgehead atoms. The minimum Gasteiger partial charge on any atom is -0.482 e. The van der Waals surface area contributed by atoms with Crippen LogP contribution in [0.2, 0.25) is 0 Å². The zero-order valence-corrected chi connectivity index (χ0v) is 16.7. The van der Waals surface area contributed by atoms with Crippen LogP contribution in [0.15, 0.2) is 58.4 Å². The van der Waals surface area contributed by atoms with Gasteiger partial charge >= 0.3 is 5.97 Å². The number of nitrogens with zero attached hydrogens (tertiary/aromatic N) is 2. The van der Waals surface area contributed by atoms with E-state index in [0.29, 0.717) is 15.8 Å². The SMILES string of the molecule is CCOC(=O)COc1cccc(/C=C2/SC(=Nc3ccccc3F)N(C)C2=O)c1. The molecule has 2 aromatic carbocycles. The van der Waals surface area contributed by atoms with Gasteiger partial charge in [-0.3, -0.25) is 9.69 Å². The van der Waals surface area contributed by atoms with E-state index in [2.05, 4.69) is 4.99 Å². The van der Waals surface area contributed by atoms with Crippen LogP contribution in [0.1, 0.15) is 12.5 Å². The van der Waals surface area contributed by atoms with E-state index in [9.17, 15) is 14.0 Å². The van der Waals surface area contributed by atoms with Gasteiger partial charge in [0.05, 0.1) is 11.5 Å². The van der Waals surface area contributed by atoms with Gasteiger partial charge in [-0.2, -0.15) is 0 Å². The number of para-hydroxylation sites is 1. The number of halogens is 1. The second-order valence-electron chi connectivity index (χ2n) is 5.99. The van der Waals surface area contributed by atoms with Gasteiger partial charge in [0.15, 0.2) is 11.8 Å². The van der Waals surface area contributed by atoms with Crippen LogP contribution in [0.25, 0.3) is 6.08 Å². The molecule has 1 amide bonds. The molecule has 1 aliphatic rings. The van der Waals surface area contributed by atoms with Crippen molar-refractivity contribution in [2.45, 2.75) is 6.92 Å². The summed E-state index contributed by atoms with van der Waals surface area (Å²) in [6.07, 6.45) is 1.70. The van der Waals surface area contributed by atoms with E-state index in [0.717, 1.165) is 17.3 Å². The summed E-state index contributed by atoms with van der Waals surface area (Å²) in [6, 6.07) is 13.1. The molecule has 0 atom stereocenters. The lowest BCUT2D eigenvalue weighted by atomic mass is 10.2. The van der Waals surface area contributed by atoms with Crippen LogP contribution >= 0.6 is 11.8 Å². The topological polar surface area (TPSA) is 68.2 Å². The first-order valence-electron chi connectivity index (χ1n) is 8.87. The molecule has 0 aromatic heterocycles. The molecule has 6 nitrogen and oxygen atoms in total. The fourth-order valence-electron chi connectivity index (χ4n) is 2.49. The Morgan fingerprint density at radius 1 is 1.24 bits per heavy atom. The smallest absolute Gasteiger partial charge is 0.344 e. The number of carbonyl (C=O) groups is 2. The normalized spacial score (nSPS) is 16.5. The summed E-state index contributed by atoms with van der Waals surface area (Å²) in [5.74, 6) is -0.655. The number of likely N-dealkylation sites (N-methyl/N-ethyl adjacent to an activating group) is 1. The summed E-state index contributed by atoms with van der Waals surface area (Å²) in [6.45, 7) is 1.82. The third-order valence-electron chi connectivity index (χ3n) is 3.89. The maximum atomic E-state index is 13.9. The molecule has 0 aliphatic carbocycles. The van der Waals surface area contributed by atoms with E-state index in [1.54, 1.807) is 56.4 Å². The number of hydrogen-bond donors (Lipinski definition) is 0. The van der Waals surface area contributed by atoms with Crippen molar-refractivity contribution in [2.75, 3.05) is 20.3 Å². The largest absolute Gasteiger partial charge is 0.482 e. The fourth-order valence-corrected chi connectivity index (χ4v) is 3.47. The summed E-state index contributed by atoms with van der Waals surface area (Å²) < 4.78 is 24.1. The first kappa shape index (κ1) is 20.6. The van der Waals surface area contributed by atoms with Crippen LogP contribution in [0, 0.1) is 5.82 Å². The Kier molecular flexibility index (Phi) is 6.66. The summed E-state index contributed by atoms with van der Waals surface area (Å²) in [5, 5.41) is 0.390. The van der Waals surface area contributed by atoms with Crippen molar-refractivity contribution in [2.24, 2.45) is 4.99 Å². The van der Waals surface area contributed by atoms with Crippen LogP contribution in [0.3, 0.4) is 0 Å². The Labute approximate surface area is 172 Å². The molecule has 0 spiro atoms. The van der Waals surface area contributed by atoms with Gasteiger partial charge in [0, 0.05) is 7.05 Å². The maximum Gasteiger partial charge on any atom is 0.344 e. The number of benzene rings is 2. The van der Waals surface area contributed by atoms with Crippen LogP contribution in [-0.4, -0.2) is 42.2 Å². The predicted molar refractivity (Wildman–Crippen MR) is 110 cm³/mol. The summed E-state index contributed by atoms with van der Waals surface area (Å²) in [4.78, 5) is 30.0. The number of amides is 1. The quantitative estimate of drug-likeness (QED) is 0.528. The fraction of sp³-hybridized carbons (Fsp3) is 0.190. The highest BCUT2D eigenvalue weighted by Crippen LogP contribution is 2.34. The number of hydrogen-bond acceptors (Lipinski definition) is 6. The van der Waals surface area contributed by atoms with Gasteiger partial charge in [0.1, 0.15) is 17.3 Å². The van der Waals surface area contributed by atoms with Crippen LogP contribution in [-0.2, 0) is 14.3 Å². The first-order chi connectivity index (χ1) is 14.0. The van der Waals surface area contributed by atoms with Gasteiger partial charge in [-0.25, -0.2) is 14.2 Å². The highest BCUT2D eigenvalue weighted by atomic mass is 32.2. The van der Waals surface area contributed by atoms with E-state index in [4.69, 9.17) is 9.47 Å². The lowest BCUT2D eigenvalue weighted by molar-refractivity contribution is -0.145. The van der Waals surface area contributed by atoms with Crippen molar-refractivity contribution in [3.05, 3.63) is 64.8 Å². The Morgan fingerprint density at radius 3 is 2.79 bits per heavy atom. The molecule has 29 heavy (non-hydrogen) atoms. The standard InChI is InChI=1S/C21H19FN2O4S/c1-3-27-19(25)13-28-15-8-6-7-14(11-15)12-18-20(26)24(2)21(29-18)23-17-10-5-4-9-16(17)22/h4-12H,3,13H2,1-2H3/b18-12+,23-21?. The number of ether oxygens (including phenoxy) is 2.